The van der Waals surface area contributed by atoms with Crippen LogP contribution < -0.4 is 5.32 Å². The Hall–Kier alpha value is -3.09. The zero-order valence-electron chi connectivity index (χ0n) is 11.9. The van der Waals surface area contributed by atoms with Gasteiger partial charge < -0.3 is 5.32 Å². The summed E-state index contributed by atoms with van der Waals surface area (Å²) in [5, 5.41) is 14.7. The fourth-order valence-corrected chi connectivity index (χ4v) is 1.99. The Balaban J connectivity index is 1.70. The number of rotatable bonds is 4. The smallest absolute Gasteiger partial charge is 0.272 e. The van der Waals surface area contributed by atoms with E-state index in [2.05, 4.69) is 25.6 Å². The molecule has 7 heteroatoms. The van der Waals surface area contributed by atoms with Gasteiger partial charge in [0.15, 0.2) is 11.5 Å². The highest BCUT2D eigenvalue weighted by atomic mass is 16.2. The molecule has 0 radical (unpaired) electrons. The number of nitrogens with one attached hydrogen (secondary N) is 1. The first kappa shape index (κ1) is 13.9. The molecule has 3 aromatic rings. The molecule has 1 N–H and O–H groups in total. The first-order valence-corrected chi connectivity index (χ1v) is 6.78. The lowest BCUT2D eigenvalue weighted by atomic mass is 10.1. The first-order chi connectivity index (χ1) is 10.7. The lowest BCUT2D eigenvalue weighted by Gasteiger charge is -2.13. The van der Waals surface area contributed by atoms with E-state index in [1.54, 1.807) is 12.1 Å². The minimum atomic E-state index is -0.269. The van der Waals surface area contributed by atoms with Gasteiger partial charge in [-0.15, -0.1) is 10.2 Å². The Morgan fingerprint density at radius 1 is 1.14 bits per heavy atom. The van der Waals surface area contributed by atoms with Crippen LogP contribution in [0, 0.1) is 0 Å². The second-order valence-corrected chi connectivity index (χ2v) is 4.72. The van der Waals surface area contributed by atoms with Crippen LogP contribution in [-0.2, 0) is 0 Å². The van der Waals surface area contributed by atoms with Crippen molar-refractivity contribution in [1.29, 1.82) is 0 Å². The van der Waals surface area contributed by atoms with Crippen LogP contribution in [-0.4, -0.2) is 30.9 Å². The van der Waals surface area contributed by atoms with Crippen molar-refractivity contribution in [2.45, 2.75) is 13.0 Å². The zero-order valence-corrected chi connectivity index (χ0v) is 11.9. The average Bonchev–Trinajstić information content (AvgIpc) is 3.10. The van der Waals surface area contributed by atoms with Crippen LogP contribution in [0.15, 0.2) is 55.1 Å². The van der Waals surface area contributed by atoms with Gasteiger partial charge in [0, 0.05) is 0 Å². The van der Waals surface area contributed by atoms with E-state index in [1.165, 1.54) is 17.3 Å². The predicted octanol–water partition coefficient (Wildman–Crippen LogP) is 1.55. The van der Waals surface area contributed by atoms with Gasteiger partial charge in [0.05, 0.1) is 6.04 Å². The van der Waals surface area contributed by atoms with E-state index < -0.39 is 0 Å². The highest BCUT2D eigenvalue weighted by molar-refractivity contribution is 5.92. The monoisotopic (exact) mass is 294 g/mol. The molecular weight excluding hydrogens is 280 g/mol. The maximum atomic E-state index is 12.2. The number of hydrogen-bond donors (Lipinski definition) is 1. The molecular formula is C15H14N6O. The number of nitrogens with zero attached hydrogens (tertiary/aromatic N) is 5. The number of hydrogen-bond acceptors (Lipinski definition) is 5. The summed E-state index contributed by atoms with van der Waals surface area (Å²) in [4.78, 5) is 16.0. The molecule has 110 valence electrons. The van der Waals surface area contributed by atoms with Crippen LogP contribution in [0.1, 0.15) is 29.0 Å². The molecule has 0 aliphatic carbocycles. The number of aromatic nitrogens is 5. The highest BCUT2D eigenvalue weighted by Gasteiger charge is 2.13. The second kappa shape index (κ2) is 6.13. The fourth-order valence-electron chi connectivity index (χ4n) is 1.99. The molecule has 1 aromatic carbocycles. The largest absolute Gasteiger partial charge is 0.344 e. The van der Waals surface area contributed by atoms with Crippen LogP contribution in [0.25, 0.3) is 5.82 Å². The summed E-state index contributed by atoms with van der Waals surface area (Å²) in [6, 6.07) is 12.9. The van der Waals surface area contributed by atoms with Gasteiger partial charge >= 0.3 is 0 Å². The number of benzene rings is 1. The number of carbonyl (C=O) groups is 1. The number of amides is 1. The summed E-state index contributed by atoms with van der Waals surface area (Å²) >= 11 is 0. The van der Waals surface area contributed by atoms with Crippen molar-refractivity contribution in [2.24, 2.45) is 0 Å². The van der Waals surface area contributed by atoms with Gasteiger partial charge in [-0.05, 0) is 24.6 Å². The second-order valence-electron chi connectivity index (χ2n) is 4.72. The van der Waals surface area contributed by atoms with Crippen LogP contribution in [0.2, 0.25) is 0 Å². The van der Waals surface area contributed by atoms with Crippen LogP contribution >= 0.6 is 0 Å². The Labute approximate surface area is 127 Å². The zero-order chi connectivity index (χ0) is 15.4. The molecule has 0 bridgehead atoms. The lowest BCUT2D eigenvalue weighted by molar-refractivity contribution is 0.0934. The molecule has 22 heavy (non-hydrogen) atoms. The molecule has 2 heterocycles. The van der Waals surface area contributed by atoms with Crippen molar-refractivity contribution in [1.82, 2.24) is 30.3 Å². The molecule has 1 atom stereocenters. The summed E-state index contributed by atoms with van der Waals surface area (Å²) in [5.41, 5.74) is 1.29. The average molecular weight is 294 g/mol. The minimum Gasteiger partial charge on any atom is -0.344 e. The Kier molecular flexibility index (Phi) is 3.86. The van der Waals surface area contributed by atoms with Gasteiger partial charge in [-0.2, -0.15) is 5.10 Å². The van der Waals surface area contributed by atoms with Gasteiger partial charge in [0.1, 0.15) is 12.7 Å². The summed E-state index contributed by atoms with van der Waals surface area (Å²) in [6.45, 7) is 1.92. The van der Waals surface area contributed by atoms with Crippen molar-refractivity contribution in [3.05, 3.63) is 66.4 Å². The van der Waals surface area contributed by atoms with Gasteiger partial charge in [0.2, 0.25) is 0 Å². The van der Waals surface area contributed by atoms with Crippen molar-refractivity contribution >= 4 is 5.91 Å². The maximum absolute atomic E-state index is 12.2. The third kappa shape index (κ3) is 2.98. The molecule has 1 amide bonds. The lowest BCUT2D eigenvalue weighted by Crippen LogP contribution is -2.27. The van der Waals surface area contributed by atoms with E-state index in [1.807, 2.05) is 37.3 Å². The summed E-state index contributed by atoms with van der Waals surface area (Å²) in [7, 11) is 0. The standard InChI is InChI=1S/C15H14N6O/c1-11(12-5-3-2-4-6-12)18-15(22)13-7-8-14(20-19-13)21-10-16-9-17-21/h2-11H,1H3,(H,18,22). The van der Waals surface area contributed by atoms with Crippen molar-refractivity contribution in [3.8, 4) is 5.82 Å². The first-order valence-electron chi connectivity index (χ1n) is 6.78. The molecule has 0 saturated carbocycles. The number of carbonyl (C=O) groups excluding carboxylic acids is 1. The quantitative estimate of drug-likeness (QED) is 0.789. The summed E-state index contributed by atoms with van der Waals surface area (Å²) < 4.78 is 1.47. The van der Waals surface area contributed by atoms with E-state index >= 15 is 0 Å². The molecule has 0 aliphatic heterocycles. The third-order valence-corrected chi connectivity index (χ3v) is 3.18. The van der Waals surface area contributed by atoms with E-state index in [0.717, 1.165) is 5.56 Å². The van der Waals surface area contributed by atoms with E-state index in [-0.39, 0.29) is 17.6 Å². The van der Waals surface area contributed by atoms with E-state index in [9.17, 15) is 4.79 Å². The summed E-state index contributed by atoms with van der Waals surface area (Å²) in [5.74, 6) is 0.235. The Morgan fingerprint density at radius 3 is 2.59 bits per heavy atom. The van der Waals surface area contributed by atoms with Gasteiger partial charge in [-0.3, -0.25) is 4.79 Å². The fraction of sp³-hybridized carbons (Fsp3) is 0.133. The molecule has 0 fully saturated rings. The third-order valence-electron chi connectivity index (χ3n) is 3.18. The normalized spacial score (nSPS) is 11.9. The summed E-state index contributed by atoms with van der Waals surface area (Å²) in [6.07, 6.45) is 2.92. The molecule has 0 saturated heterocycles. The Bertz CT molecular complexity index is 739. The SMILES string of the molecule is CC(NC(=O)c1ccc(-n2cncn2)nn1)c1ccccc1. The van der Waals surface area contributed by atoms with Crippen molar-refractivity contribution < 1.29 is 4.79 Å². The molecule has 1 unspecified atom stereocenters. The minimum absolute atomic E-state index is 0.106. The topological polar surface area (TPSA) is 85.6 Å². The van der Waals surface area contributed by atoms with Gasteiger partial charge in [-0.25, -0.2) is 9.67 Å². The van der Waals surface area contributed by atoms with Crippen LogP contribution in [0.3, 0.4) is 0 Å². The van der Waals surface area contributed by atoms with E-state index in [4.69, 9.17) is 0 Å². The molecule has 0 spiro atoms. The molecule has 3 rings (SSSR count). The molecule has 2 aromatic heterocycles. The molecule has 7 nitrogen and oxygen atoms in total. The van der Waals surface area contributed by atoms with Crippen LogP contribution in [0.4, 0.5) is 0 Å². The predicted molar refractivity (Wildman–Crippen MR) is 79.3 cm³/mol. The van der Waals surface area contributed by atoms with Gasteiger partial charge in [-0.1, -0.05) is 30.3 Å². The Morgan fingerprint density at radius 2 is 1.95 bits per heavy atom. The van der Waals surface area contributed by atoms with Crippen molar-refractivity contribution in [3.63, 3.8) is 0 Å². The van der Waals surface area contributed by atoms with Gasteiger partial charge in [0.25, 0.3) is 5.91 Å². The van der Waals surface area contributed by atoms with E-state index in [0.29, 0.717) is 5.82 Å². The maximum Gasteiger partial charge on any atom is 0.272 e. The highest BCUT2D eigenvalue weighted by Crippen LogP contribution is 2.12. The van der Waals surface area contributed by atoms with Crippen molar-refractivity contribution in [2.75, 3.05) is 0 Å². The molecule has 0 aliphatic rings. The van der Waals surface area contributed by atoms with Crippen LogP contribution in [0.5, 0.6) is 0 Å².